The molecule has 1 aliphatic heterocycles. The standard InChI is InChI=1S/C18H28N2O/c1-4-5-18(21)20-11-16(10-17(19)12-20)9-15-7-6-13(2)14(3)8-15/h6-8,16-17H,4-5,9-12,19H2,1-3H3. The maximum atomic E-state index is 12.1. The summed E-state index contributed by atoms with van der Waals surface area (Å²) in [6, 6.07) is 6.79. The SMILES string of the molecule is CCCC(=O)N1CC(N)CC(Cc2ccc(C)c(C)c2)C1. The second-order valence-corrected chi connectivity index (χ2v) is 6.53. The molecule has 1 aromatic carbocycles. The van der Waals surface area contributed by atoms with Gasteiger partial charge in [-0.05, 0) is 55.7 Å². The predicted molar refractivity (Wildman–Crippen MR) is 87.2 cm³/mol. The van der Waals surface area contributed by atoms with Gasteiger partial charge < -0.3 is 10.6 Å². The summed E-state index contributed by atoms with van der Waals surface area (Å²) in [5.74, 6) is 0.745. The number of hydrogen-bond donors (Lipinski definition) is 1. The number of nitrogens with two attached hydrogens (primary N) is 1. The summed E-state index contributed by atoms with van der Waals surface area (Å²) < 4.78 is 0. The molecule has 0 saturated carbocycles. The van der Waals surface area contributed by atoms with Gasteiger partial charge in [-0.3, -0.25) is 4.79 Å². The van der Waals surface area contributed by atoms with Crippen LogP contribution in [0.15, 0.2) is 18.2 Å². The molecular weight excluding hydrogens is 260 g/mol. The fourth-order valence-corrected chi connectivity index (χ4v) is 3.23. The van der Waals surface area contributed by atoms with Crippen LogP contribution in [0.3, 0.4) is 0 Å². The van der Waals surface area contributed by atoms with E-state index in [1.807, 2.05) is 11.8 Å². The van der Waals surface area contributed by atoms with Crippen molar-refractivity contribution in [3.05, 3.63) is 34.9 Å². The lowest BCUT2D eigenvalue weighted by Crippen LogP contribution is -2.49. The van der Waals surface area contributed by atoms with Crippen LogP contribution in [-0.4, -0.2) is 29.9 Å². The minimum atomic E-state index is 0.121. The monoisotopic (exact) mass is 288 g/mol. The highest BCUT2D eigenvalue weighted by molar-refractivity contribution is 5.76. The minimum Gasteiger partial charge on any atom is -0.341 e. The number of piperidine rings is 1. The summed E-state index contributed by atoms with van der Waals surface area (Å²) in [6.07, 6.45) is 3.59. The van der Waals surface area contributed by atoms with Gasteiger partial charge >= 0.3 is 0 Å². The Hall–Kier alpha value is -1.35. The molecule has 0 bridgehead atoms. The summed E-state index contributed by atoms with van der Waals surface area (Å²) >= 11 is 0. The van der Waals surface area contributed by atoms with Gasteiger partial charge in [-0.2, -0.15) is 0 Å². The van der Waals surface area contributed by atoms with E-state index < -0.39 is 0 Å². The third-order valence-electron chi connectivity index (χ3n) is 4.48. The third-order valence-corrected chi connectivity index (χ3v) is 4.48. The Morgan fingerprint density at radius 1 is 1.29 bits per heavy atom. The van der Waals surface area contributed by atoms with E-state index in [2.05, 4.69) is 32.0 Å². The average molecular weight is 288 g/mol. The largest absolute Gasteiger partial charge is 0.341 e. The zero-order chi connectivity index (χ0) is 15.4. The lowest BCUT2D eigenvalue weighted by atomic mass is 9.88. The van der Waals surface area contributed by atoms with Gasteiger partial charge in [0.1, 0.15) is 0 Å². The summed E-state index contributed by atoms with van der Waals surface area (Å²) in [6.45, 7) is 7.93. The van der Waals surface area contributed by atoms with Crippen molar-refractivity contribution >= 4 is 5.91 Å². The maximum absolute atomic E-state index is 12.1. The molecule has 3 nitrogen and oxygen atoms in total. The number of carbonyl (C=O) groups is 1. The molecule has 0 aromatic heterocycles. The van der Waals surface area contributed by atoms with E-state index in [1.54, 1.807) is 0 Å². The molecule has 116 valence electrons. The van der Waals surface area contributed by atoms with Crippen molar-refractivity contribution in [3.8, 4) is 0 Å². The first kappa shape index (κ1) is 16.0. The van der Waals surface area contributed by atoms with Crippen molar-refractivity contribution in [2.24, 2.45) is 11.7 Å². The van der Waals surface area contributed by atoms with E-state index in [9.17, 15) is 4.79 Å². The van der Waals surface area contributed by atoms with Gasteiger partial charge in [-0.1, -0.05) is 25.1 Å². The Labute approximate surface area is 128 Å². The van der Waals surface area contributed by atoms with Crippen molar-refractivity contribution in [2.45, 2.75) is 52.5 Å². The summed E-state index contributed by atoms with van der Waals surface area (Å²) in [4.78, 5) is 14.1. The van der Waals surface area contributed by atoms with E-state index in [0.29, 0.717) is 12.3 Å². The first-order valence-electron chi connectivity index (χ1n) is 8.09. The number of likely N-dealkylation sites (tertiary alicyclic amines) is 1. The van der Waals surface area contributed by atoms with E-state index >= 15 is 0 Å². The number of hydrogen-bond acceptors (Lipinski definition) is 2. The van der Waals surface area contributed by atoms with Crippen LogP contribution in [0.1, 0.15) is 42.9 Å². The second kappa shape index (κ2) is 7.08. The molecule has 1 fully saturated rings. The Balaban J connectivity index is 2.01. The van der Waals surface area contributed by atoms with Crippen LogP contribution in [0.2, 0.25) is 0 Å². The molecule has 0 aliphatic carbocycles. The first-order chi connectivity index (χ1) is 9.99. The number of benzene rings is 1. The molecule has 0 spiro atoms. The highest BCUT2D eigenvalue weighted by atomic mass is 16.2. The van der Waals surface area contributed by atoms with Gasteiger partial charge in [0.2, 0.25) is 5.91 Å². The number of nitrogens with zero attached hydrogens (tertiary/aromatic N) is 1. The Kier molecular flexibility index (Phi) is 5.40. The average Bonchev–Trinajstić information content (AvgIpc) is 2.42. The molecular formula is C18H28N2O. The number of amides is 1. The van der Waals surface area contributed by atoms with Crippen LogP contribution in [0.25, 0.3) is 0 Å². The van der Waals surface area contributed by atoms with Crippen LogP contribution in [-0.2, 0) is 11.2 Å². The summed E-state index contributed by atoms with van der Waals surface area (Å²) in [5.41, 5.74) is 10.2. The highest BCUT2D eigenvalue weighted by Crippen LogP contribution is 2.22. The third kappa shape index (κ3) is 4.31. The Morgan fingerprint density at radius 3 is 2.71 bits per heavy atom. The van der Waals surface area contributed by atoms with Gasteiger partial charge in [0.05, 0.1) is 0 Å². The van der Waals surface area contributed by atoms with Crippen molar-refractivity contribution < 1.29 is 4.79 Å². The summed E-state index contributed by atoms with van der Waals surface area (Å²) in [5, 5.41) is 0. The molecule has 2 atom stereocenters. The molecule has 2 rings (SSSR count). The van der Waals surface area contributed by atoms with Crippen LogP contribution < -0.4 is 5.73 Å². The molecule has 2 N–H and O–H groups in total. The van der Waals surface area contributed by atoms with Crippen molar-refractivity contribution in [1.29, 1.82) is 0 Å². The van der Waals surface area contributed by atoms with Crippen molar-refractivity contribution in [3.63, 3.8) is 0 Å². The smallest absolute Gasteiger partial charge is 0.222 e. The quantitative estimate of drug-likeness (QED) is 0.926. The van der Waals surface area contributed by atoms with Crippen molar-refractivity contribution in [2.75, 3.05) is 13.1 Å². The topological polar surface area (TPSA) is 46.3 Å². The van der Waals surface area contributed by atoms with Gasteiger partial charge in [-0.15, -0.1) is 0 Å². The van der Waals surface area contributed by atoms with E-state index in [-0.39, 0.29) is 11.9 Å². The number of carbonyl (C=O) groups excluding carboxylic acids is 1. The zero-order valence-electron chi connectivity index (χ0n) is 13.6. The van der Waals surface area contributed by atoms with Gasteiger partial charge in [0.15, 0.2) is 0 Å². The van der Waals surface area contributed by atoms with Crippen LogP contribution in [0.4, 0.5) is 0 Å². The molecule has 21 heavy (non-hydrogen) atoms. The molecule has 1 saturated heterocycles. The molecule has 1 aromatic rings. The predicted octanol–water partition coefficient (Wildman–Crippen LogP) is 2.82. The van der Waals surface area contributed by atoms with Crippen molar-refractivity contribution in [1.82, 2.24) is 4.90 Å². The van der Waals surface area contributed by atoms with Gasteiger partial charge in [0, 0.05) is 25.6 Å². The molecule has 1 amide bonds. The number of aryl methyl sites for hydroxylation is 2. The zero-order valence-corrected chi connectivity index (χ0v) is 13.6. The van der Waals surface area contributed by atoms with Crippen LogP contribution >= 0.6 is 0 Å². The normalized spacial score (nSPS) is 22.4. The van der Waals surface area contributed by atoms with Crippen LogP contribution in [0, 0.1) is 19.8 Å². The lowest BCUT2D eigenvalue weighted by molar-refractivity contribution is -0.133. The molecule has 1 heterocycles. The molecule has 0 radical (unpaired) electrons. The van der Waals surface area contributed by atoms with E-state index in [4.69, 9.17) is 5.73 Å². The fraction of sp³-hybridized carbons (Fsp3) is 0.611. The molecule has 2 unspecified atom stereocenters. The second-order valence-electron chi connectivity index (χ2n) is 6.53. The minimum absolute atomic E-state index is 0.121. The number of rotatable bonds is 4. The van der Waals surface area contributed by atoms with E-state index in [1.165, 1.54) is 16.7 Å². The Morgan fingerprint density at radius 2 is 2.05 bits per heavy atom. The highest BCUT2D eigenvalue weighted by Gasteiger charge is 2.27. The van der Waals surface area contributed by atoms with Gasteiger partial charge in [-0.25, -0.2) is 0 Å². The lowest BCUT2D eigenvalue weighted by Gasteiger charge is -2.36. The first-order valence-corrected chi connectivity index (χ1v) is 8.09. The Bertz CT molecular complexity index is 498. The molecule has 3 heteroatoms. The maximum Gasteiger partial charge on any atom is 0.222 e. The fourth-order valence-electron chi connectivity index (χ4n) is 3.23. The van der Waals surface area contributed by atoms with E-state index in [0.717, 1.165) is 32.4 Å². The van der Waals surface area contributed by atoms with Gasteiger partial charge in [0.25, 0.3) is 0 Å². The molecule has 1 aliphatic rings. The van der Waals surface area contributed by atoms with Crippen LogP contribution in [0.5, 0.6) is 0 Å². The summed E-state index contributed by atoms with van der Waals surface area (Å²) in [7, 11) is 0.